The Hall–Kier alpha value is -2.56. The molecule has 3 rings (SSSR count). The average molecular weight is 440 g/mol. The molecule has 0 aliphatic heterocycles. The van der Waals surface area contributed by atoms with E-state index in [1.54, 1.807) is 23.6 Å². The van der Waals surface area contributed by atoms with Gasteiger partial charge in [-0.1, -0.05) is 18.2 Å². The van der Waals surface area contributed by atoms with Gasteiger partial charge in [0.2, 0.25) is 0 Å². The van der Waals surface area contributed by atoms with Crippen molar-refractivity contribution in [2.45, 2.75) is 9.10 Å². The quantitative estimate of drug-likeness (QED) is 0.525. The molecule has 10 heteroatoms. The third-order valence-corrected chi connectivity index (χ3v) is 8.30. The van der Waals surface area contributed by atoms with E-state index in [2.05, 4.69) is 0 Å². The molecule has 148 valence electrons. The summed E-state index contributed by atoms with van der Waals surface area (Å²) in [4.78, 5) is -0.0982. The molecule has 1 aromatic heterocycles. The van der Waals surface area contributed by atoms with Gasteiger partial charge in [-0.05, 0) is 47.8 Å². The zero-order chi connectivity index (χ0) is 20.4. The molecule has 0 amide bonds. The summed E-state index contributed by atoms with van der Waals surface area (Å²) in [7, 11) is -4.99. The van der Waals surface area contributed by atoms with E-state index < -0.39 is 20.1 Å². The van der Waals surface area contributed by atoms with Crippen LogP contribution in [0.1, 0.15) is 0 Å². The van der Waals surface area contributed by atoms with E-state index in [0.717, 1.165) is 15.6 Å². The molecule has 0 radical (unpaired) electrons. The summed E-state index contributed by atoms with van der Waals surface area (Å²) in [6, 6.07) is 15.0. The number of para-hydroxylation sites is 1. The molecule has 0 fully saturated rings. The van der Waals surface area contributed by atoms with Gasteiger partial charge in [-0.25, -0.2) is 8.42 Å². The largest absolute Gasteiger partial charge is 0.495 e. The Kier molecular flexibility index (Phi) is 5.64. The van der Waals surface area contributed by atoms with E-state index in [1.807, 2.05) is 0 Å². The van der Waals surface area contributed by atoms with Crippen molar-refractivity contribution in [3.05, 3.63) is 66.0 Å². The van der Waals surface area contributed by atoms with Crippen LogP contribution in [0.15, 0.2) is 75.1 Å². The molecular weight excluding hydrogens is 422 g/mol. The third kappa shape index (κ3) is 3.98. The maximum Gasteiger partial charge on any atom is 0.342 e. The second-order valence-corrected chi connectivity index (χ2v) is 10.2. The summed E-state index contributed by atoms with van der Waals surface area (Å²) in [6.45, 7) is 0. The number of methoxy groups -OCH3 is 1. The molecule has 0 saturated heterocycles. The number of nitrogens with zero attached hydrogens (tertiary/aromatic N) is 1. The van der Waals surface area contributed by atoms with Crippen molar-refractivity contribution in [1.29, 1.82) is 0 Å². The van der Waals surface area contributed by atoms with Crippen LogP contribution in [0, 0.1) is 0 Å². The van der Waals surface area contributed by atoms with Crippen molar-refractivity contribution in [3.63, 3.8) is 0 Å². The molecule has 3 aromatic rings. The highest BCUT2D eigenvalue weighted by atomic mass is 32.2. The lowest BCUT2D eigenvalue weighted by Crippen LogP contribution is -2.25. The standard InChI is InChI=1S/C18H17NO6S3/c1-19(27(20,21)18-8-5-13-26-18)14-9-11-15(12-10-14)25-28(22,23)17-7-4-3-6-16(17)24-2/h3-13H,1-2H3. The third-order valence-electron chi connectivity index (χ3n) is 3.85. The second kappa shape index (κ2) is 7.82. The number of hydrogen-bond acceptors (Lipinski definition) is 7. The summed E-state index contributed by atoms with van der Waals surface area (Å²) in [5.74, 6) is 0.220. The van der Waals surface area contributed by atoms with Crippen LogP contribution in [0.4, 0.5) is 5.69 Å². The Morgan fingerprint density at radius 2 is 1.57 bits per heavy atom. The highest BCUT2D eigenvalue weighted by Gasteiger charge is 2.24. The lowest BCUT2D eigenvalue weighted by atomic mass is 10.3. The van der Waals surface area contributed by atoms with E-state index in [4.69, 9.17) is 8.92 Å². The highest BCUT2D eigenvalue weighted by molar-refractivity contribution is 7.94. The number of thiophene rings is 1. The summed E-state index contributed by atoms with van der Waals surface area (Å²) in [5.41, 5.74) is 0.371. The average Bonchev–Trinajstić information content (AvgIpc) is 3.23. The molecule has 0 bridgehead atoms. The van der Waals surface area contributed by atoms with Gasteiger partial charge in [0.1, 0.15) is 20.6 Å². The van der Waals surface area contributed by atoms with Gasteiger partial charge in [-0.15, -0.1) is 11.3 Å². The minimum absolute atomic E-state index is 0.0524. The van der Waals surface area contributed by atoms with Gasteiger partial charge in [-0.2, -0.15) is 8.42 Å². The van der Waals surface area contributed by atoms with E-state index >= 15 is 0 Å². The van der Waals surface area contributed by atoms with Crippen molar-refractivity contribution in [2.75, 3.05) is 18.5 Å². The first-order chi connectivity index (χ1) is 13.3. The van der Waals surface area contributed by atoms with Gasteiger partial charge >= 0.3 is 10.1 Å². The molecular formula is C18H17NO6S3. The predicted molar refractivity (Wildman–Crippen MR) is 107 cm³/mol. The van der Waals surface area contributed by atoms with E-state index in [0.29, 0.717) is 5.69 Å². The van der Waals surface area contributed by atoms with Gasteiger partial charge in [0.25, 0.3) is 10.0 Å². The van der Waals surface area contributed by atoms with Gasteiger partial charge in [-0.3, -0.25) is 4.31 Å². The van der Waals surface area contributed by atoms with Crippen LogP contribution in [0.5, 0.6) is 11.5 Å². The first-order valence-electron chi connectivity index (χ1n) is 7.96. The molecule has 28 heavy (non-hydrogen) atoms. The van der Waals surface area contributed by atoms with Crippen LogP contribution in [-0.2, 0) is 20.1 Å². The van der Waals surface area contributed by atoms with Crippen molar-refractivity contribution in [1.82, 2.24) is 0 Å². The number of rotatable bonds is 7. The molecule has 0 N–H and O–H groups in total. The van der Waals surface area contributed by atoms with Gasteiger partial charge < -0.3 is 8.92 Å². The smallest absolute Gasteiger partial charge is 0.342 e. The number of hydrogen-bond donors (Lipinski definition) is 0. The van der Waals surface area contributed by atoms with Crippen LogP contribution in [0.25, 0.3) is 0 Å². The molecule has 0 aliphatic rings. The lowest BCUT2D eigenvalue weighted by molar-refractivity contribution is 0.398. The fraction of sp³-hybridized carbons (Fsp3) is 0.111. The molecule has 0 aliphatic carbocycles. The first-order valence-corrected chi connectivity index (χ1v) is 11.7. The summed E-state index contributed by atoms with van der Waals surface area (Å²) in [6.07, 6.45) is 0. The Morgan fingerprint density at radius 3 is 2.18 bits per heavy atom. The van der Waals surface area contributed by atoms with E-state index in [9.17, 15) is 16.8 Å². The monoisotopic (exact) mass is 439 g/mol. The van der Waals surface area contributed by atoms with Crippen molar-refractivity contribution >= 4 is 37.2 Å². The Morgan fingerprint density at radius 1 is 0.893 bits per heavy atom. The topological polar surface area (TPSA) is 90.0 Å². The Balaban J connectivity index is 1.83. The number of anilines is 1. The molecule has 1 heterocycles. The zero-order valence-electron chi connectivity index (χ0n) is 15.0. The predicted octanol–water partition coefficient (Wildman–Crippen LogP) is 3.35. The number of benzene rings is 2. The Bertz CT molecular complexity index is 1150. The first kappa shape index (κ1) is 20.2. The minimum Gasteiger partial charge on any atom is -0.495 e. The molecule has 0 unspecified atom stereocenters. The fourth-order valence-electron chi connectivity index (χ4n) is 2.39. The SMILES string of the molecule is COc1ccccc1S(=O)(=O)Oc1ccc(N(C)S(=O)(=O)c2cccs2)cc1. The van der Waals surface area contributed by atoms with Crippen LogP contribution >= 0.6 is 11.3 Å². The maximum atomic E-state index is 12.6. The number of sulfonamides is 1. The number of ether oxygens (including phenoxy) is 1. The van der Waals surface area contributed by atoms with Crippen molar-refractivity contribution in [3.8, 4) is 11.5 Å². The highest BCUT2D eigenvalue weighted by Crippen LogP contribution is 2.29. The van der Waals surface area contributed by atoms with Crippen LogP contribution < -0.4 is 13.2 Å². The van der Waals surface area contributed by atoms with Crippen molar-refractivity contribution in [2.24, 2.45) is 0 Å². The molecule has 0 saturated carbocycles. The second-order valence-electron chi connectivity index (χ2n) is 5.59. The molecule has 7 nitrogen and oxygen atoms in total. The fourth-order valence-corrected chi connectivity index (χ4v) is 5.85. The molecule has 2 aromatic carbocycles. The van der Waals surface area contributed by atoms with Gasteiger partial charge in [0.15, 0.2) is 0 Å². The Labute approximate surface area is 167 Å². The zero-order valence-corrected chi connectivity index (χ0v) is 17.4. The van der Waals surface area contributed by atoms with Crippen LogP contribution in [-0.4, -0.2) is 31.0 Å². The summed E-state index contributed by atoms with van der Waals surface area (Å²) >= 11 is 1.12. The van der Waals surface area contributed by atoms with E-state index in [-0.39, 0.29) is 20.6 Å². The van der Waals surface area contributed by atoms with Crippen LogP contribution in [0.3, 0.4) is 0 Å². The molecule has 0 atom stereocenters. The normalized spacial score (nSPS) is 11.8. The van der Waals surface area contributed by atoms with Gasteiger partial charge in [0, 0.05) is 7.05 Å². The lowest BCUT2D eigenvalue weighted by Gasteiger charge is -2.18. The van der Waals surface area contributed by atoms with Gasteiger partial charge in [0.05, 0.1) is 12.8 Å². The minimum atomic E-state index is -4.11. The van der Waals surface area contributed by atoms with Crippen molar-refractivity contribution < 1.29 is 25.8 Å². The maximum absolute atomic E-state index is 12.6. The summed E-state index contributed by atoms with van der Waals surface area (Å²) < 4.78 is 61.7. The summed E-state index contributed by atoms with van der Waals surface area (Å²) in [5, 5.41) is 1.68. The van der Waals surface area contributed by atoms with Crippen LogP contribution in [0.2, 0.25) is 0 Å². The van der Waals surface area contributed by atoms with E-state index in [1.165, 1.54) is 56.6 Å². The molecule has 0 spiro atoms.